The Morgan fingerprint density at radius 2 is 1.60 bits per heavy atom. The van der Waals surface area contributed by atoms with Crippen molar-refractivity contribution in [2.24, 2.45) is 23.7 Å². The predicted octanol–water partition coefficient (Wildman–Crippen LogP) is 6.54. The van der Waals surface area contributed by atoms with Crippen LogP contribution < -0.4 is 0 Å². The minimum atomic E-state index is -0.820. The second kappa shape index (κ2) is 18.6. The van der Waals surface area contributed by atoms with Crippen LogP contribution in [-0.4, -0.2) is 73.8 Å². The minimum absolute atomic E-state index is 0.00661. The van der Waals surface area contributed by atoms with Gasteiger partial charge in [0.25, 0.3) is 0 Å². The van der Waals surface area contributed by atoms with Gasteiger partial charge in [0, 0.05) is 36.0 Å². The monoisotopic (exact) mass is 634 g/mol. The third-order valence-corrected chi connectivity index (χ3v) is 9.77. The van der Waals surface area contributed by atoms with Crippen molar-refractivity contribution in [1.29, 1.82) is 0 Å². The molecule has 0 radical (unpaired) electrons. The molecule has 0 aromatic rings. The van der Waals surface area contributed by atoms with E-state index < -0.39 is 29.6 Å². The van der Waals surface area contributed by atoms with Gasteiger partial charge in [-0.1, -0.05) is 54.4 Å². The Kier molecular flexibility index (Phi) is 16.0. The molecule has 256 valence electrons. The lowest BCUT2D eigenvalue weighted by Gasteiger charge is -2.47. The summed E-state index contributed by atoms with van der Waals surface area (Å²) in [6.45, 7) is 24.5. The number of carbonyl (C=O) groups is 3. The Labute approximate surface area is 271 Å². The van der Waals surface area contributed by atoms with E-state index in [0.29, 0.717) is 39.1 Å². The van der Waals surface area contributed by atoms with Crippen LogP contribution in [0.2, 0.25) is 0 Å². The van der Waals surface area contributed by atoms with Gasteiger partial charge in [0.1, 0.15) is 11.7 Å². The van der Waals surface area contributed by atoms with Gasteiger partial charge < -0.3 is 28.4 Å². The van der Waals surface area contributed by atoms with Crippen LogP contribution in [0.3, 0.4) is 0 Å². The molecule has 2 aliphatic heterocycles. The van der Waals surface area contributed by atoms with Crippen LogP contribution in [0.1, 0.15) is 92.9 Å². The Bertz CT molecular complexity index is 995. The molecule has 0 aromatic carbocycles. The molecule has 45 heavy (non-hydrogen) atoms. The molecule has 9 atom stereocenters. The first kappa shape index (κ1) is 38.7. The highest BCUT2D eigenvalue weighted by molar-refractivity contribution is 5.82. The highest BCUT2D eigenvalue weighted by Crippen LogP contribution is 2.43. The van der Waals surface area contributed by atoms with Gasteiger partial charge in [0.15, 0.2) is 0 Å². The summed E-state index contributed by atoms with van der Waals surface area (Å²) in [4.78, 5) is 36.3. The van der Waals surface area contributed by atoms with Crippen LogP contribution in [0.5, 0.6) is 0 Å². The van der Waals surface area contributed by atoms with Crippen LogP contribution in [-0.2, 0) is 42.8 Å². The summed E-state index contributed by atoms with van der Waals surface area (Å²) in [6, 6.07) is 0. The van der Waals surface area contributed by atoms with Crippen LogP contribution in [0.25, 0.3) is 0 Å². The molecule has 0 spiro atoms. The van der Waals surface area contributed by atoms with Crippen molar-refractivity contribution in [3.63, 3.8) is 0 Å². The van der Waals surface area contributed by atoms with Gasteiger partial charge in [-0.15, -0.1) is 0 Å². The van der Waals surface area contributed by atoms with Crippen molar-refractivity contribution in [3.05, 3.63) is 38.0 Å². The molecule has 3 fully saturated rings. The minimum Gasteiger partial charge on any atom is -0.462 e. The maximum absolute atomic E-state index is 12.6. The van der Waals surface area contributed by atoms with Gasteiger partial charge in [-0.3, -0.25) is 0 Å². The zero-order valence-electron chi connectivity index (χ0n) is 28.6. The highest BCUT2D eigenvalue weighted by Gasteiger charge is 2.45. The summed E-state index contributed by atoms with van der Waals surface area (Å²) < 4.78 is 36.8. The first-order chi connectivity index (χ1) is 21.4. The fourth-order valence-corrected chi connectivity index (χ4v) is 6.63. The Hall–Kier alpha value is -2.49. The van der Waals surface area contributed by atoms with Crippen LogP contribution in [0.15, 0.2) is 38.0 Å². The molecule has 9 unspecified atom stereocenters. The van der Waals surface area contributed by atoms with E-state index >= 15 is 0 Å². The second-order valence-corrected chi connectivity index (χ2v) is 13.2. The van der Waals surface area contributed by atoms with E-state index in [4.69, 9.17) is 28.4 Å². The summed E-state index contributed by atoms with van der Waals surface area (Å²) in [5, 5.41) is 0. The zero-order valence-corrected chi connectivity index (χ0v) is 28.6. The van der Waals surface area contributed by atoms with Crippen LogP contribution >= 0.6 is 0 Å². The molecule has 2 bridgehead atoms. The van der Waals surface area contributed by atoms with E-state index in [9.17, 15) is 14.4 Å². The topological polar surface area (TPSA) is 107 Å². The third kappa shape index (κ3) is 11.7. The van der Waals surface area contributed by atoms with Gasteiger partial charge in [-0.05, 0) is 64.2 Å². The van der Waals surface area contributed by atoms with Crippen molar-refractivity contribution in [3.8, 4) is 0 Å². The van der Waals surface area contributed by atoms with E-state index in [-0.39, 0.29) is 48.1 Å². The van der Waals surface area contributed by atoms with Gasteiger partial charge in [-0.2, -0.15) is 0 Å². The Morgan fingerprint density at radius 1 is 0.911 bits per heavy atom. The van der Waals surface area contributed by atoms with Crippen molar-refractivity contribution >= 4 is 17.9 Å². The Morgan fingerprint density at radius 3 is 2.22 bits per heavy atom. The van der Waals surface area contributed by atoms with E-state index in [1.807, 2.05) is 20.8 Å². The van der Waals surface area contributed by atoms with Crippen LogP contribution in [0.4, 0.5) is 0 Å². The molecule has 9 nitrogen and oxygen atoms in total. The molecule has 9 heteroatoms. The molecule has 1 aliphatic carbocycles. The fourth-order valence-electron chi connectivity index (χ4n) is 6.63. The molecule has 2 saturated heterocycles. The van der Waals surface area contributed by atoms with Crippen molar-refractivity contribution in [1.82, 2.24) is 0 Å². The summed E-state index contributed by atoms with van der Waals surface area (Å²) in [5.74, 6) is -1.39. The lowest BCUT2D eigenvalue weighted by Crippen LogP contribution is -2.49. The zero-order chi connectivity index (χ0) is 33.6. The van der Waals surface area contributed by atoms with Crippen molar-refractivity contribution in [2.75, 3.05) is 26.4 Å². The molecular weight excluding hydrogens is 576 g/mol. The van der Waals surface area contributed by atoms with E-state index in [0.717, 1.165) is 38.2 Å². The largest absolute Gasteiger partial charge is 0.462 e. The van der Waals surface area contributed by atoms with E-state index in [1.54, 1.807) is 0 Å². The lowest BCUT2D eigenvalue weighted by atomic mass is 9.72. The van der Waals surface area contributed by atoms with Gasteiger partial charge in [0.2, 0.25) is 0 Å². The molecule has 3 rings (SSSR count). The van der Waals surface area contributed by atoms with Crippen molar-refractivity contribution < 1.29 is 42.8 Å². The molecule has 0 amide bonds. The standard InChI is InChI=1S/C36H58O9/c1-10-32(37)42-22-25(6)21-40-28(9)19-29-20-35(13-4)17-15-31(29)41-23-26(7)30(44-33(38)11-2)16-18-36(14-5,27(8)24-43-35)45-34(39)12-3/h10-12,25-31H,1-3,13-24H2,4-9H3. The van der Waals surface area contributed by atoms with E-state index in [2.05, 4.69) is 40.5 Å². The molecular formula is C36H58O9. The highest BCUT2D eigenvalue weighted by atomic mass is 16.6. The number of hydrogen-bond acceptors (Lipinski definition) is 9. The Balaban J connectivity index is 2.32. The number of fused-ring (bicyclic) bond motifs is 11. The van der Waals surface area contributed by atoms with Gasteiger partial charge >= 0.3 is 17.9 Å². The molecule has 2 heterocycles. The fraction of sp³-hybridized carbons (Fsp3) is 0.750. The number of carbonyl (C=O) groups excluding carboxylic acids is 3. The SMILES string of the molecule is C=CC(=O)OCC(C)COC(C)CC1CC2(CC)CCC1OCC(C)C(OC(=O)C=C)CCC(CC)(OC(=O)C=C)C(C)CO2. The summed E-state index contributed by atoms with van der Waals surface area (Å²) in [6.07, 6.45) is 8.74. The summed E-state index contributed by atoms with van der Waals surface area (Å²) in [5.41, 5.74) is -1.15. The van der Waals surface area contributed by atoms with E-state index in [1.165, 1.54) is 12.2 Å². The predicted molar refractivity (Wildman–Crippen MR) is 173 cm³/mol. The normalized spacial score (nSPS) is 32.3. The number of rotatable bonds is 14. The third-order valence-electron chi connectivity index (χ3n) is 9.77. The first-order valence-electron chi connectivity index (χ1n) is 16.7. The maximum atomic E-state index is 12.6. The molecule has 0 N–H and O–H groups in total. The number of esters is 3. The molecule has 0 aromatic heterocycles. The van der Waals surface area contributed by atoms with Crippen molar-refractivity contribution in [2.45, 2.75) is 122 Å². The quantitative estimate of drug-likeness (QED) is 0.120. The summed E-state index contributed by atoms with van der Waals surface area (Å²) >= 11 is 0. The maximum Gasteiger partial charge on any atom is 0.330 e. The van der Waals surface area contributed by atoms with Crippen LogP contribution in [0, 0.1) is 23.7 Å². The second-order valence-electron chi connectivity index (χ2n) is 13.2. The number of ether oxygens (including phenoxy) is 6. The molecule has 1 saturated carbocycles. The lowest BCUT2D eigenvalue weighted by molar-refractivity contribution is -0.183. The first-order valence-corrected chi connectivity index (χ1v) is 16.7. The molecule has 3 aliphatic rings. The average Bonchev–Trinajstić information content (AvgIpc) is 3.04. The average molecular weight is 635 g/mol. The van der Waals surface area contributed by atoms with Gasteiger partial charge in [-0.25, -0.2) is 14.4 Å². The van der Waals surface area contributed by atoms with Gasteiger partial charge in [0.05, 0.1) is 44.2 Å². The number of hydrogen-bond donors (Lipinski definition) is 0. The smallest absolute Gasteiger partial charge is 0.330 e. The summed E-state index contributed by atoms with van der Waals surface area (Å²) in [7, 11) is 0.